The minimum Gasteiger partial charge on any atom is -0.480 e. The molecule has 5 rings (SSSR count). The maximum atomic E-state index is 12.6. The Morgan fingerprint density at radius 2 is 1.71 bits per heavy atom. The van der Waals surface area contributed by atoms with Crippen molar-refractivity contribution in [3.63, 3.8) is 0 Å². The topological polar surface area (TPSA) is 112 Å². The lowest BCUT2D eigenvalue weighted by molar-refractivity contribution is -0.139. The summed E-state index contributed by atoms with van der Waals surface area (Å²) in [6.07, 6.45) is 0.754. The van der Waals surface area contributed by atoms with Crippen molar-refractivity contribution in [1.29, 1.82) is 5.26 Å². The maximum Gasteiger partial charge on any atom is 0.407 e. The summed E-state index contributed by atoms with van der Waals surface area (Å²) in [5, 5.41) is 22.0. The molecule has 1 aromatic heterocycles. The highest BCUT2D eigenvalue weighted by atomic mass is 16.5. The molecular weight excluding hydrogens is 442 g/mol. The van der Waals surface area contributed by atoms with Crippen LogP contribution in [-0.2, 0) is 16.0 Å². The van der Waals surface area contributed by atoms with Crippen molar-refractivity contribution < 1.29 is 19.4 Å². The van der Waals surface area contributed by atoms with E-state index in [1.807, 2.05) is 54.6 Å². The number of aliphatic carboxylic acids is 1. The quantitative estimate of drug-likeness (QED) is 0.431. The van der Waals surface area contributed by atoms with Crippen molar-refractivity contribution in [2.75, 3.05) is 6.61 Å². The number of carbonyl (C=O) groups is 2. The molecule has 1 amide bonds. The summed E-state index contributed by atoms with van der Waals surface area (Å²) in [5.74, 6) is -1.27. The third kappa shape index (κ3) is 4.42. The van der Waals surface area contributed by atoms with Crippen LogP contribution in [0.15, 0.2) is 79.0 Å². The number of ether oxygens (including phenoxy) is 1. The number of alkyl carbamates (subject to hydrolysis) is 1. The number of hydrogen-bond donors (Lipinski definition) is 2. The van der Waals surface area contributed by atoms with Gasteiger partial charge in [-0.15, -0.1) is 0 Å². The predicted molar refractivity (Wildman–Crippen MR) is 130 cm³/mol. The van der Waals surface area contributed by atoms with Gasteiger partial charge in [0, 0.05) is 23.9 Å². The second kappa shape index (κ2) is 9.27. The fourth-order valence-corrected chi connectivity index (χ4v) is 4.57. The number of carboxylic acids is 1. The van der Waals surface area contributed by atoms with Crippen molar-refractivity contribution in [2.45, 2.75) is 18.4 Å². The average molecular weight is 463 g/mol. The van der Waals surface area contributed by atoms with E-state index in [2.05, 4.69) is 10.3 Å². The van der Waals surface area contributed by atoms with Gasteiger partial charge in [0.05, 0.1) is 11.1 Å². The highest BCUT2D eigenvalue weighted by molar-refractivity contribution is 5.83. The van der Waals surface area contributed by atoms with Crippen LogP contribution < -0.4 is 5.32 Å². The Bertz CT molecular complexity index is 1450. The summed E-state index contributed by atoms with van der Waals surface area (Å²) in [6, 6.07) is 23.9. The molecule has 1 atom stereocenters. The van der Waals surface area contributed by atoms with Crippen molar-refractivity contribution >= 4 is 23.0 Å². The molecule has 0 saturated heterocycles. The molecule has 4 aromatic rings. The number of aromatic nitrogens is 1. The molecule has 0 fully saturated rings. The van der Waals surface area contributed by atoms with E-state index in [9.17, 15) is 14.7 Å². The number of hydrogen-bond acceptors (Lipinski definition) is 5. The molecule has 3 aromatic carbocycles. The number of amides is 1. The fraction of sp³-hybridized carbons (Fsp3) is 0.143. The summed E-state index contributed by atoms with van der Waals surface area (Å²) in [6.45, 7) is 0.104. The van der Waals surface area contributed by atoms with Crippen LogP contribution >= 0.6 is 0 Å². The number of nitrogens with one attached hydrogen (secondary N) is 1. The van der Waals surface area contributed by atoms with E-state index in [1.54, 1.807) is 24.3 Å². The zero-order chi connectivity index (χ0) is 24.4. The van der Waals surface area contributed by atoms with E-state index in [0.29, 0.717) is 16.6 Å². The van der Waals surface area contributed by atoms with Gasteiger partial charge in [0.25, 0.3) is 0 Å². The highest BCUT2D eigenvalue weighted by Crippen LogP contribution is 2.44. The number of carboxylic acid groups (broad SMARTS) is 1. The Morgan fingerprint density at radius 3 is 2.37 bits per heavy atom. The Kier molecular flexibility index (Phi) is 5.86. The zero-order valence-corrected chi connectivity index (χ0v) is 18.6. The van der Waals surface area contributed by atoms with E-state index in [0.717, 1.165) is 27.6 Å². The Hall–Kier alpha value is -4.70. The smallest absolute Gasteiger partial charge is 0.407 e. The third-order valence-electron chi connectivity index (χ3n) is 6.25. The summed E-state index contributed by atoms with van der Waals surface area (Å²) in [4.78, 5) is 28.7. The number of pyridine rings is 1. The van der Waals surface area contributed by atoms with E-state index >= 15 is 0 Å². The van der Waals surface area contributed by atoms with E-state index < -0.39 is 18.1 Å². The number of carbonyl (C=O) groups excluding carboxylic acids is 1. The molecular formula is C28H21N3O4. The number of fused-ring (bicyclic) bond motifs is 4. The molecule has 0 saturated carbocycles. The second-order valence-corrected chi connectivity index (χ2v) is 8.43. The lowest BCUT2D eigenvalue weighted by Crippen LogP contribution is -2.42. The first-order valence-corrected chi connectivity index (χ1v) is 11.2. The molecule has 0 unspecified atom stereocenters. The largest absolute Gasteiger partial charge is 0.480 e. The van der Waals surface area contributed by atoms with Crippen LogP contribution in [-0.4, -0.2) is 34.8 Å². The molecule has 1 aliphatic carbocycles. The lowest BCUT2D eigenvalue weighted by Gasteiger charge is -2.17. The van der Waals surface area contributed by atoms with Crippen molar-refractivity contribution in [3.8, 4) is 17.2 Å². The first-order chi connectivity index (χ1) is 17.0. The van der Waals surface area contributed by atoms with Crippen LogP contribution in [0.5, 0.6) is 0 Å². The first kappa shape index (κ1) is 22.1. The van der Waals surface area contributed by atoms with Gasteiger partial charge in [-0.1, -0.05) is 60.7 Å². The molecule has 172 valence electrons. The summed E-state index contributed by atoms with van der Waals surface area (Å²) in [7, 11) is 0. The highest BCUT2D eigenvalue weighted by Gasteiger charge is 2.29. The molecule has 0 bridgehead atoms. The molecule has 1 heterocycles. The standard InChI is InChI=1S/C28H21N3O4/c29-14-18-11-19-10-9-17(12-25(19)30-15-18)13-26(27(32)33)31-28(34)35-16-24-22-7-3-1-5-20(22)21-6-2-4-8-23(21)24/h1-12,15,24,26H,13,16H2,(H,31,34)(H,32,33)/t26-/m0/s1. The predicted octanol–water partition coefficient (Wildman–Crippen LogP) is 4.64. The van der Waals surface area contributed by atoms with Crippen LogP contribution in [0.2, 0.25) is 0 Å². The van der Waals surface area contributed by atoms with Crippen molar-refractivity contribution in [3.05, 3.63) is 101 Å². The molecule has 2 N–H and O–H groups in total. The van der Waals surface area contributed by atoms with Gasteiger partial charge in [-0.25, -0.2) is 9.59 Å². The number of rotatable bonds is 6. The fourth-order valence-electron chi connectivity index (χ4n) is 4.57. The van der Waals surface area contributed by atoms with Gasteiger partial charge in [-0.05, 0) is 39.9 Å². The van der Waals surface area contributed by atoms with Gasteiger partial charge in [0.1, 0.15) is 18.7 Å². The van der Waals surface area contributed by atoms with Crippen molar-refractivity contribution in [2.24, 2.45) is 0 Å². The Balaban J connectivity index is 1.27. The molecule has 7 nitrogen and oxygen atoms in total. The maximum absolute atomic E-state index is 12.6. The van der Waals surface area contributed by atoms with E-state index in [1.165, 1.54) is 6.20 Å². The van der Waals surface area contributed by atoms with Gasteiger partial charge in [-0.3, -0.25) is 4.98 Å². The lowest BCUT2D eigenvalue weighted by atomic mass is 9.98. The molecule has 0 radical (unpaired) electrons. The van der Waals surface area contributed by atoms with Gasteiger partial charge >= 0.3 is 12.1 Å². The monoisotopic (exact) mass is 463 g/mol. The number of nitrogens with zero attached hydrogens (tertiary/aromatic N) is 2. The molecule has 1 aliphatic rings. The molecule has 35 heavy (non-hydrogen) atoms. The van der Waals surface area contributed by atoms with Crippen LogP contribution in [0.3, 0.4) is 0 Å². The van der Waals surface area contributed by atoms with Crippen LogP contribution in [0.4, 0.5) is 4.79 Å². The molecule has 7 heteroatoms. The average Bonchev–Trinajstić information content (AvgIpc) is 3.20. The number of benzene rings is 3. The molecule has 0 spiro atoms. The SMILES string of the molecule is N#Cc1cnc2cc(C[C@H](NC(=O)OCC3c4ccccc4-c4ccccc43)C(=O)O)ccc2c1. The minimum atomic E-state index is -1.17. The second-order valence-electron chi connectivity index (χ2n) is 8.43. The van der Waals surface area contributed by atoms with Gasteiger partial charge < -0.3 is 15.2 Å². The molecule has 0 aliphatic heterocycles. The normalized spacial score (nSPS) is 12.9. The minimum absolute atomic E-state index is 0.0666. The summed E-state index contributed by atoms with van der Waals surface area (Å²) >= 11 is 0. The number of nitriles is 1. The van der Waals surface area contributed by atoms with Gasteiger partial charge in [-0.2, -0.15) is 5.26 Å². The van der Waals surface area contributed by atoms with Crippen molar-refractivity contribution in [1.82, 2.24) is 10.3 Å². The van der Waals surface area contributed by atoms with E-state index in [4.69, 9.17) is 10.00 Å². The third-order valence-corrected chi connectivity index (χ3v) is 6.25. The zero-order valence-electron chi connectivity index (χ0n) is 18.6. The Morgan fingerprint density at radius 1 is 1.03 bits per heavy atom. The summed E-state index contributed by atoms with van der Waals surface area (Å²) in [5.41, 5.74) is 6.19. The van der Waals surface area contributed by atoms with Crippen LogP contribution in [0, 0.1) is 11.3 Å². The van der Waals surface area contributed by atoms with Gasteiger partial charge in [0.15, 0.2) is 0 Å². The van der Waals surface area contributed by atoms with Crippen LogP contribution in [0.1, 0.15) is 28.2 Å². The Labute approximate surface area is 201 Å². The van der Waals surface area contributed by atoms with Crippen LogP contribution in [0.25, 0.3) is 22.0 Å². The first-order valence-electron chi connectivity index (χ1n) is 11.2. The van der Waals surface area contributed by atoms with E-state index in [-0.39, 0.29) is 18.9 Å². The summed E-state index contributed by atoms with van der Waals surface area (Å²) < 4.78 is 5.50. The van der Waals surface area contributed by atoms with Gasteiger partial charge in [0.2, 0.25) is 0 Å².